The number of halogens is 2. The standard InChI is InChI=1S/C18H15Cl2NO2S/c19-17-8-6-14(10-18(17)20)12-24(22,23)21-11-13-5-7-15-3-1-2-4-16(15)9-13/h1-10,21H,11-12H2. The van der Waals surface area contributed by atoms with E-state index in [0.29, 0.717) is 15.6 Å². The fraction of sp³-hybridized carbons (Fsp3) is 0.111. The molecule has 0 aliphatic carbocycles. The summed E-state index contributed by atoms with van der Waals surface area (Å²) in [6.07, 6.45) is 0. The predicted molar refractivity (Wildman–Crippen MR) is 99.9 cm³/mol. The summed E-state index contributed by atoms with van der Waals surface area (Å²) in [7, 11) is -3.47. The van der Waals surface area contributed by atoms with Crippen LogP contribution in [0.4, 0.5) is 0 Å². The van der Waals surface area contributed by atoms with Gasteiger partial charge in [-0.1, -0.05) is 65.7 Å². The van der Waals surface area contributed by atoms with E-state index in [1.54, 1.807) is 18.2 Å². The van der Waals surface area contributed by atoms with Gasteiger partial charge in [0.15, 0.2) is 0 Å². The maximum absolute atomic E-state index is 12.2. The summed E-state index contributed by atoms with van der Waals surface area (Å²) in [5.41, 5.74) is 1.50. The number of benzene rings is 3. The highest BCUT2D eigenvalue weighted by atomic mass is 35.5. The van der Waals surface area contributed by atoms with Crippen LogP contribution in [0.1, 0.15) is 11.1 Å². The van der Waals surface area contributed by atoms with Gasteiger partial charge in [0.2, 0.25) is 10.0 Å². The Morgan fingerprint density at radius 3 is 2.25 bits per heavy atom. The van der Waals surface area contributed by atoms with Crippen molar-refractivity contribution in [1.29, 1.82) is 0 Å². The molecule has 3 aromatic rings. The molecule has 0 aromatic heterocycles. The van der Waals surface area contributed by atoms with E-state index < -0.39 is 10.0 Å². The molecule has 3 aromatic carbocycles. The highest BCUT2D eigenvalue weighted by Gasteiger charge is 2.12. The average molecular weight is 380 g/mol. The summed E-state index contributed by atoms with van der Waals surface area (Å²) in [5.74, 6) is -0.141. The summed E-state index contributed by atoms with van der Waals surface area (Å²) in [5, 5.41) is 2.96. The molecule has 0 fully saturated rings. The van der Waals surface area contributed by atoms with Crippen LogP contribution >= 0.6 is 23.2 Å². The van der Waals surface area contributed by atoms with Crippen LogP contribution in [0.5, 0.6) is 0 Å². The molecule has 0 spiro atoms. The summed E-state index contributed by atoms with van der Waals surface area (Å²) in [4.78, 5) is 0. The summed E-state index contributed by atoms with van der Waals surface area (Å²) >= 11 is 11.8. The van der Waals surface area contributed by atoms with Crippen LogP contribution in [-0.2, 0) is 22.3 Å². The van der Waals surface area contributed by atoms with Gasteiger partial charge in [0, 0.05) is 6.54 Å². The Hall–Kier alpha value is -1.59. The van der Waals surface area contributed by atoms with Crippen LogP contribution in [0.2, 0.25) is 10.0 Å². The Bertz CT molecular complexity index is 987. The van der Waals surface area contributed by atoms with Gasteiger partial charge >= 0.3 is 0 Å². The third kappa shape index (κ3) is 4.28. The second-order valence-electron chi connectivity index (χ2n) is 5.51. The molecule has 0 heterocycles. The first kappa shape index (κ1) is 17.2. The molecule has 0 bridgehead atoms. The van der Waals surface area contributed by atoms with E-state index in [0.717, 1.165) is 16.3 Å². The van der Waals surface area contributed by atoms with Crippen LogP contribution < -0.4 is 4.72 Å². The van der Waals surface area contributed by atoms with E-state index in [9.17, 15) is 8.42 Å². The summed E-state index contributed by atoms with van der Waals surface area (Å²) in [6, 6.07) is 18.7. The number of hydrogen-bond donors (Lipinski definition) is 1. The maximum atomic E-state index is 12.2. The van der Waals surface area contributed by atoms with E-state index >= 15 is 0 Å². The molecule has 0 saturated heterocycles. The van der Waals surface area contributed by atoms with Crippen LogP contribution in [0.25, 0.3) is 10.8 Å². The minimum absolute atomic E-state index is 0.141. The molecule has 0 atom stereocenters. The highest BCUT2D eigenvalue weighted by Crippen LogP contribution is 2.23. The summed E-state index contributed by atoms with van der Waals surface area (Å²) < 4.78 is 27.1. The van der Waals surface area contributed by atoms with E-state index in [4.69, 9.17) is 23.2 Å². The molecule has 3 rings (SSSR count). The minimum atomic E-state index is -3.47. The molecule has 0 saturated carbocycles. The first-order valence-corrected chi connectivity index (χ1v) is 9.73. The normalized spacial score (nSPS) is 11.8. The van der Waals surface area contributed by atoms with Crippen molar-refractivity contribution in [2.75, 3.05) is 0 Å². The van der Waals surface area contributed by atoms with E-state index in [-0.39, 0.29) is 12.3 Å². The lowest BCUT2D eigenvalue weighted by molar-refractivity contribution is 0.580. The molecular weight excluding hydrogens is 365 g/mol. The lowest BCUT2D eigenvalue weighted by Crippen LogP contribution is -2.24. The number of rotatable bonds is 5. The van der Waals surface area contributed by atoms with Gasteiger partial charge in [0.1, 0.15) is 0 Å². The molecule has 0 aliphatic rings. The van der Waals surface area contributed by atoms with Gasteiger partial charge in [-0.25, -0.2) is 13.1 Å². The van der Waals surface area contributed by atoms with E-state index in [1.165, 1.54) is 0 Å². The van der Waals surface area contributed by atoms with Gasteiger partial charge < -0.3 is 0 Å². The van der Waals surface area contributed by atoms with Crippen LogP contribution in [0.3, 0.4) is 0 Å². The number of sulfonamides is 1. The number of hydrogen-bond acceptors (Lipinski definition) is 2. The third-order valence-electron chi connectivity index (χ3n) is 3.65. The van der Waals surface area contributed by atoms with Crippen molar-refractivity contribution in [1.82, 2.24) is 4.72 Å². The zero-order valence-electron chi connectivity index (χ0n) is 12.7. The van der Waals surface area contributed by atoms with Crippen molar-refractivity contribution in [3.63, 3.8) is 0 Å². The minimum Gasteiger partial charge on any atom is -0.212 e. The molecule has 3 nitrogen and oxygen atoms in total. The van der Waals surface area contributed by atoms with Crippen molar-refractivity contribution in [3.05, 3.63) is 81.8 Å². The first-order chi connectivity index (χ1) is 11.4. The molecule has 0 amide bonds. The lowest BCUT2D eigenvalue weighted by Gasteiger charge is -2.08. The molecule has 0 aliphatic heterocycles. The van der Waals surface area contributed by atoms with Gasteiger partial charge in [-0.2, -0.15) is 0 Å². The second-order valence-corrected chi connectivity index (χ2v) is 8.13. The van der Waals surface area contributed by atoms with Crippen molar-refractivity contribution >= 4 is 44.0 Å². The molecule has 0 radical (unpaired) electrons. The van der Waals surface area contributed by atoms with Gasteiger partial charge in [-0.3, -0.25) is 0 Å². The van der Waals surface area contributed by atoms with Crippen molar-refractivity contribution in [3.8, 4) is 0 Å². The van der Waals surface area contributed by atoms with Crippen molar-refractivity contribution in [2.45, 2.75) is 12.3 Å². The quantitative estimate of drug-likeness (QED) is 0.693. The van der Waals surface area contributed by atoms with Crippen LogP contribution in [0.15, 0.2) is 60.7 Å². The first-order valence-electron chi connectivity index (χ1n) is 7.32. The molecule has 0 unspecified atom stereocenters. The molecule has 124 valence electrons. The summed E-state index contributed by atoms with van der Waals surface area (Å²) in [6.45, 7) is 0.245. The van der Waals surface area contributed by atoms with Gasteiger partial charge in [-0.15, -0.1) is 0 Å². The van der Waals surface area contributed by atoms with Gasteiger partial charge in [-0.05, 0) is 40.1 Å². The third-order valence-corrected chi connectivity index (χ3v) is 5.69. The fourth-order valence-corrected chi connectivity index (χ4v) is 3.87. The maximum Gasteiger partial charge on any atom is 0.216 e. The smallest absolute Gasteiger partial charge is 0.212 e. The predicted octanol–water partition coefficient (Wildman–Crippen LogP) is 4.77. The van der Waals surface area contributed by atoms with Crippen molar-refractivity contribution in [2.24, 2.45) is 0 Å². The molecule has 1 N–H and O–H groups in total. The number of fused-ring (bicyclic) bond motifs is 1. The molecule has 24 heavy (non-hydrogen) atoms. The Kier molecular flexibility index (Phi) is 5.11. The van der Waals surface area contributed by atoms with E-state index in [2.05, 4.69) is 4.72 Å². The second kappa shape index (κ2) is 7.11. The Balaban J connectivity index is 1.70. The Labute approximate surface area is 151 Å². The molecular formula is C18H15Cl2NO2S. The molecule has 6 heteroatoms. The average Bonchev–Trinajstić information content (AvgIpc) is 2.56. The Morgan fingerprint density at radius 1 is 0.792 bits per heavy atom. The van der Waals surface area contributed by atoms with Crippen molar-refractivity contribution < 1.29 is 8.42 Å². The van der Waals surface area contributed by atoms with Gasteiger partial charge in [0.25, 0.3) is 0 Å². The lowest BCUT2D eigenvalue weighted by atomic mass is 10.1. The zero-order chi connectivity index (χ0) is 17.2. The van der Waals surface area contributed by atoms with E-state index in [1.807, 2.05) is 42.5 Å². The van der Waals surface area contributed by atoms with Crippen LogP contribution in [-0.4, -0.2) is 8.42 Å². The topological polar surface area (TPSA) is 46.2 Å². The van der Waals surface area contributed by atoms with Gasteiger partial charge in [0.05, 0.1) is 15.8 Å². The Morgan fingerprint density at radius 2 is 1.50 bits per heavy atom. The van der Waals surface area contributed by atoms with Crippen LogP contribution in [0, 0.1) is 0 Å². The number of nitrogens with one attached hydrogen (secondary N) is 1. The fourth-order valence-electron chi connectivity index (χ4n) is 2.44. The highest BCUT2D eigenvalue weighted by molar-refractivity contribution is 7.88. The zero-order valence-corrected chi connectivity index (χ0v) is 15.0. The monoisotopic (exact) mass is 379 g/mol. The largest absolute Gasteiger partial charge is 0.216 e. The SMILES string of the molecule is O=S(=O)(Cc1ccc(Cl)c(Cl)c1)NCc1ccc2ccccc2c1.